The molecule has 0 N–H and O–H groups in total. The average Bonchev–Trinajstić information content (AvgIpc) is 3.16. The largest absolute Gasteiger partial charge is 0.359 e. The number of methoxy groups -OCH3 is 1. The predicted octanol–water partition coefficient (Wildman–Crippen LogP) is 3.42. The van der Waals surface area contributed by atoms with Crippen LogP contribution in [-0.4, -0.2) is 28.9 Å². The Morgan fingerprint density at radius 1 is 0.958 bits per heavy atom. The molecule has 0 aliphatic carbocycles. The fourth-order valence-electron chi connectivity index (χ4n) is 2.84. The van der Waals surface area contributed by atoms with Gasteiger partial charge in [0.1, 0.15) is 6.79 Å². The molecule has 24 heavy (non-hydrogen) atoms. The molecular formula is C19H21N3O2. The molecule has 2 atom stereocenters. The first kappa shape index (κ1) is 16.4. The smallest absolute Gasteiger partial charge is 0.147 e. The van der Waals surface area contributed by atoms with Crippen molar-refractivity contribution in [2.24, 2.45) is 0 Å². The van der Waals surface area contributed by atoms with Crippen LogP contribution in [0.5, 0.6) is 0 Å². The number of hydrogen-bond acceptors (Lipinski definition) is 4. The van der Waals surface area contributed by atoms with Gasteiger partial charge in [-0.25, -0.2) is 0 Å². The molecule has 2 aromatic carbocycles. The fourth-order valence-corrected chi connectivity index (χ4v) is 2.84. The molecule has 5 nitrogen and oxygen atoms in total. The van der Waals surface area contributed by atoms with Crippen molar-refractivity contribution < 1.29 is 9.47 Å². The second kappa shape index (κ2) is 8.38. The van der Waals surface area contributed by atoms with Crippen molar-refractivity contribution in [1.29, 1.82) is 0 Å². The van der Waals surface area contributed by atoms with Gasteiger partial charge in [-0.15, -0.1) is 5.10 Å². The Kier molecular flexibility index (Phi) is 5.71. The molecule has 0 aliphatic heterocycles. The highest BCUT2D eigenvalue weighted by Crippen LogP contribution is 2.35. The van der Waals surface area contributed by atoms with E-state index >= 15 is 0 Å². The van der Waals surface area contributed by atoms with Gasteiger partial charge in [-0.05, 0) is 11.1 Å². The molecule has 124 valence electrons. The van der Waals surface area contributed by atoms with Gasteiger partial charge in [-0.1, -0.05) is 65.9 Å². The molecule has 0 saturated heterocycles. The number of ether oxygens (including phenoxy) is 2. The van der Waals surface area contributed by atoms with Gasteiger partial charge in [-0.2, -0.15) is 0 Å². The molecule has 0 unspecified atom stereocenters. The lowest BCUT2D eigenvalue weighted by molar-refractivity contribution is -0.0844. The third-order valence-corrected chi connectivity index (χ3v) is 3.94. The summed E-state index contributed by atoms with van der Waals surface area (Å²) in [5, 5.41) is 8.03. The Bertz CT molecular complexity index is 702. The van der Waals surface area contributed by atoms with E-state index in [0.29, 0.717) is 6.54 Å². The number of aromatic nitrogens is 3. The third-order valence-electron chi connectivity index (χ3n) is 3.94. The first-order valence-corrected chi connectivity index (χ1v) is 7.93. The SMILES string of the molecule is COCO[C@H](c1ccccc1)[C@@H](Cn1ccnn1)c1ccccc1. The van der Waals surface area contributed by atoms with Gasteiger partial charge < -0.3 is 9.47 Å². The van der Waals surface area contributed by atoms with Crippen molar-refractivity contribution in [1.82, 2.24) is 15.0 Å². The zero-order chi connectivity index (χ0) is 16.6. The lowest BCUT2D eigenvalue weighted by atomic mass is 9.89. The van der Waals surface area contributed by atoms with Crippen molar-refractivity contribution in [3.63, 3.8) is 0 Å². The normalized spacial score (nSPS) is 13.5. The minimum Gasteiger partial charge on any atom is -0.359 e. The van der Waals surface area contributed by atoms with Crippen molar-refractivity contribution >= 4 is 0 Å². The Labute approximate surface area is 141 Å². The molecule has 3 aromatic rings. The van der Waals surface area contributed by atoms with E-state index in [9.17, 15) is 0 Å². The summed E-state index contributed by atoms with van der Waals surface area (Å²) in [5.74, 6) is 0.0884. The summed E-state index contributed by atoms with van der Waals surface area (Å²) in [4.78, 5) is 0. The monoisotopic (exact) mass is 323 g/mol. The first-order valence-electron chi connectivity index (χ1n) is 7.93. The van der Waals surface area contributed by atoms with E-state index in [1.54, 1.807) is 13.3 Å². The van der Waals surface area contributed by atoms with Gasteiger partial charge in [0, 0.05) is 19.2 Å². The highest BCUT2D eigenvalue weighted by atomic mass is 16.7. The highest BCUT2D eigenvalue weighted by Gasteiger charge is 2.26. The van der Waals surface area contributed by atoms with Crippen molar-refractivity contribution in [3.8, 4) is 0 Å². The Morgan fingerprint density at radius 2 is 1.62 bits per heavy atom. The Balaban J connectivity index is 1.96. The second-order valence-electron chi connectivity index (χ2n) is 5.55. The van der Waals surface area contributed by atoms with Gasteiger partial charge in [0.15, 0.2) is 0 Å². The van der Waals surface area contributed by atoms with Crippen LogP contribution in [-0.2, 0) is 16.0 Å². The Morgan fingerprint density at radius 3 is 2.21 bits per heavy atom. The van der Waals surface area contributed by atoms with Gasteiger partial charge in [-0.3, -0.25) is 4.68 Å². The van der Waals surface area contributed by atoms with Crippen LogP contribution in [0.15, 0.2) is 73.1 Å². The molecule has 3 rings (SSSR count). The molecule has 5 heteroatoms. The van der Waals surface area contributed by atoms with E-state index < -0.39 is 0 Å². The van der Waals surface area contributed by atoms with Gasteiger partial charge in [0.05, 0.1) is 18.8 Å². The predicted molar refractivity (Wildman–Crippen MR) is 91.3 cm³/mol. The molecule has 0 amide bonds. The van der Waals surface area contributed by atoms with Crippen LogP contribution in [0.1, 0.15) is 23.1 Å². The van der Waals surface area contributed by atoms with Gasteiger partial charge in [0.25, 0.3) is 0 Å². The standard InChI is InChI=1S/C19H21N3O2/c1-23-15-24-19(17-10-6-3-7-11-17)18(14-22-13-12-20-21-22)16-8-4-2-5-9-16/h2-13,18-19H,14-15H2,1H3/t18-,19+/m0/s1. The summed E-state index contributed by atoms with van der Waals surface area (Å²) in [6.07, 6.45) is 3.42. The van der Waals surface area contributed by atoms with Crippen molar-refractivity contribution in [2.45, 2.75) is 18.6 Å². The molecule has 0 bridgehead atoms. The van der Waals surface area contributed by atoms with Crippen LogP contribution in [0, 0.1) is 0 Å². The van der Waals surface area contributed by atoms with Crippen LogP contribution in [0.3, 0.4) is 0 Å². The topological polar surface area (TPSA) is 49.2 Å². The molecule has 0 spiro atoms. The minimum absolute atomic E-state index is 0.0884. The lowest BCUT2D eigenvalue weighted by Crippen LogP contribution is -2.21. The number of hydrogen-bond donors (Lipinski definition) is 0. The maximum Gasteiger partial charge on any atom is 0.147 e. The number of benzene rings is 2. The third kappa shape index (κ3) is 4.07. The van der Waals surface area contributed by atoms with Gasteiger partial charge >= 0.3 is 0 Å². The Hall–Kier alpha value is -2.50. The molecule has 0 aliphatic rings. The number of nitrogens with zero attached hydrogens (tertiary/aromatic N) is 3. The maximum absolute atomic E-state index is 6.06. The summed E-state index contributed by atoms with van der Waals surface area (Å²) >= 11 is 0. The van der Waals surface area contributed by atoms with E-state index in [-0.39, 0.29) is 18.8 Å². The van der Waals surface area contributed by atoms with E-state index in [4.69, 9.17) is 9.47 Å². The first-order chi connectivity index (χ1) is 11.9. The molecule has 1 heterocycles. The van der Waals surface area contributed by atoms with Crippen LogP contribution in [0.4, 0.5) is 0 Å². The molecule has 0 saturated carbocycles. The van der Waals surface area contributed by atoms with E-state index in [0.717, 1.165) is 5.56 Å². The molecule has 0 radical (unpaired) electrons. The van der Waals surface area contributed by atoms with Crippen molar-refractivity contribution in [2.75, 3.05) is 13.9 Å². The van der Waals surface area contributed by atoms with E-state index in [2.05, 4.69) is 34.6 Å². The second-order valence-corrected chi connectivity index (χ2v) is 5.55. The maximum atomic E-state index is 6.06. The zero-order valence-corrected chi connectivity index (χ0v) is 13.7. The van der Waals surface area contributed by atoms with Gasteiger partial charge in [0.2, 0.25) is 0 Å². The molecular weight excluding hydrogens is 302 g/mol. The summed E-state index contributed by atoms with van der Waals surface area (Å²) in [7, 11) is 1.64. The molecule has 1 aromatic heterocycles. The lowest BCUT2D eigenvalue weighted by Gasteiger charge is -2.28. The molecule has 0 fully saturated rings. The highest BCUT2D eigenvalue weighted by molar-refractivity contribution is 5.27. The minimum atomic E-state index is -0.141. The van der Waals surface area contributed by atoms with E-state index in [1.807, 2.05) is 47.3 Å². The summed E-state index contributed by atoms with van der Waals surface area (Å²) < 4.78 is 13.1. The quantitative estimate of drug-likeness (QED) is 0.596. The summed E-state index contributed by atoms with van der Waals surface area (Å²) in [6.45, 7) is 0.910. The summed E-state index contributed by atoms with van der Waals surface area (Å²) in [5.41, 5.74) is 2.31. The van der Waals surface area contributed by atoms with Crippen molar-refractivity contribution in [3.05, 3.63) is 84.2 Å². The van der Waals surface area contributed by atoms with Crippen LogP contribution in [0.2, 0.25) is 0 Å². The van der Waals surface area contributed by atoms with Crippen LogP contribution < -0.4 is 0 Å². The van der Waals surface area contributed by atoms with Crippen LogP contribution in [0.25, 0.3) is 0 Å². The fraction of sp³-hybridized carbons (Fsp3) is 0.263. The number of rotatable bonds is 8. The average molecular weight is 323 g/mol. The van der Waals surface area contributed by atoms with Crippen LogP contribution >= 0.6 is 0 Å². The summed E-state index contributed by atoms with van der Waals surface area (Å²) in [6, 6.07) is 20.6. The zero-order valence-electron chi connectivity index (χ0n) is 13.7. The van der Waals surface area contributed by atoms with E-state index in [1.165, 1.54) is 5.56 Å².